The molecule has 5 heteroatoms. The zero-order valence-corrected chi connectivity index (χ0v) is 20.0. The fourth-order valence-corrected chi connectivity index (χ4v) is 5.76. The number of methoxy groups -OCH3 is 2. The molecular weight excluding hydrogens is 400 g/mol. The van der Waals surface area contributed by atoms with E-state index in [9.17, 15) is 4.79 Å². The summed E-state index contributed by atoms with van der Waals surface area (Å²) in [5.41, 5.74) is 3.24. The van der Waals surface area contributed by atoms with Crippen LogP contribution >= 0.6 is 0 Å². The SMILES string of the molecule is COc1ccccc1C(=O)N[C@@H]1c2ccccc2C2(CCN(CC(C)(C)C)CC2)[C@H]1OC. The quantitative estimate of drug-likeness (QED) is 0.746. The third kappa shape index (κ3) is 4.16. The number of para-hydroxylation sites is 1. The molecule has 2 atom stereocenters. The predicted octanol–water partition coefficient (Wildman–Crippen LogP) is 4.57. The van der Waals surface area contributed by atoms with Crippen molar-refractivity contribution in [3.63, 3.8) is 0 Å². The monoisotopic (exact) mass is 436 g/mol. The van der Waals surface area contributed by atoms with E-state index in [4.69, 9.17) is 9.47 Å². The molecule has 0 aromatic heterocycles. The molecule has 1 N–H and O–H groups in total. The van der Waals surface area contributed by atoms with Crippen LogP contribution in [0.4, 0.5) is 0 Å². The van der Waals surface area contributed by atoms with E-state index in [2.05, 4.69) is 55.3 Å². The highest BCUT2D eigenvalue weighted by Crippen LogP contribution is 2.52. The van der Waals surface area contributed by atoms with Gasteiger partial charge in [0.05, 0.1) is 24.8 Å². The van der Waals surface area contributed by atoms with Gasteiger partial charge >= 0.3 is 0 Å². The van der Waals surface area contributed by atoms with Crippen molar-refractivity contribution >= 4 is 5.91 Å². The van der Waals surface area contributed by atoms with Gasteiger partial charge in [0.1, 0.15) is 5.75 Å². The molecule has 1 aliphatic heterocycles. The van der Waals surface area contributed by atoms with Crippen molar-refractivity contribution in [3.8, 4) is 5.75 Å². The van der Waals surface area contributed by atoms with Crippen molar-refractivity contribution < 1.29 is 14.3 Å². The summed E-state index contributed by atoms with van der Waals surface area (Å²) in [6.07, 6.45) is 1.95. The summed E-state index contributed by atoms with van der Waals surface area (Å²) in [6.45, 7) is 10.1. The number of hydrogen-bond donors (Lipinski definition) is 1. The van der Waals surface area contributed by atoms with Crippen molar-refractivity contribution in [2.75, 3.05) is 33.9 Å². The second-order valence-corrected chi connectivity index (χ2v) is 10.4. The number of nitrogens with zero attached hydrogens (tertiary/aromatic N) is 1. The molecule has 0 saturated carbocycles. The zero-order chi connectivity index (χ0) is 22.9. The van der Waals surface area contributed by atoms with Crippen molar-refractivity contribution in [3.05, 3.63) is 65.2 Å². The van der Waals surface area contributed by atoms with Gasteiger partial charge in [-0.3, -0.25) is 4.79 Å². The maximum atomic E-state index is 13.3. The van der Waals surface area contributed by atoms with E-state index in [1.54, 1.807) is 20.3 Å². The van der Waals surface area contributed by atoms with Crippen LogP contribution in [0.1, 0.15) is 61.1 Å². The molecule has 1 heterocycles. The number of piperidine rings is 1. The maximum absolute atomic E-state index is 13.3. The van der Waals surface area contributed by atoms with Crippen molar-refractivity contribution in [2.24, 2.45) is 5.41 Å². The molecule has 32 heavy (non-hydrogen) atoms. The van der Waals surface area contributed by atoms with Gasteiger partial charge in [0, 0.05) is 19.1 Å². The van der Waals surface area contributed by atoms with Gasteiger partial charge in [0.2, 0.25) is 0 Å². The fourth-order valence-electron chi connectivity index (χ4n) is 5.76. The maximum Gasteiger partial charge on any atom is 0.255 e. The topological polar surface area (TPSA) is 50.8 Å². The van der Waals surface area contributed by atoms with Gasteiger partial charge in [0.15, 0.2) is 0 Å². The van der Waals surface area contributed by atoms with Crippen LogP contribution < -0.4 is 10.1 Å². The first kappa shape index (κ1) is 22.8. The number of nitrogens with one attached hydrogen (secondary N) is 1. The molecule has 5 nitrogen and oxygen atoms in total. The van der Waals surface area contributed by atoms with E-state index in [1.807, 2.05) is 18.2 Å². The minimum absolute atomic E-state index is 0.0849. The summed E-state index contributed by atoms with van der Waals surface area (Å²) >= 11 is 0. The first-order valence-corrected chi connectivity index (χ1v) is 11.6. The molecule has 2 aliphatic rings. The van der Waals surface area contributed by atoms with Gasteiger partial charge < -0.3 is 19.7 Å². The summed E-state index contributed by atoms with van der Waals surface area (Å²) < 4.78 is 11.6. The molecule has 172 valence electrons. The number of ether oxygens (including phenoxy) is 2. The number of likely N-dealkylation sites (tertiary alicyclic amines) is 1. The number of carbonyl (C=O) groups excluding carboxylic acids is 1. The highest BCUT2D eigenvalue weighted by molar-refractivity contribution is 5.97. The average molecular weight is 437 g/mol. The molecule has 1 aliphatic carbocycles. The number of amides is 1. The van der Waals surface area contributed by atoms with Crippen LogP contribution in [0.25, 0.3) is 0 Å². The number of rotatable bonds is 5. The molecule has 4 rings (SSSR count). The predicted molar refractivity (Wildman–Crippen MR) is 127 cm³/mol. The molecular formula is C27H36N2O3. The smallest absolute Gasteiger partial charge is 0.255 e. The highest BCUT2D eigenvalue weighted by atomic mass is 16.5. The van der Waals surface area contributed by atoms with Gasteiger partial charge in [-0.1, -0.05) is 57.2 Å². The van der Waals surface area contributed by atoms with Gasteiger partial charge in [-0.05, 0) is 54.6 Å². The zero-order valence-electron chi connectivity index (χ0n) is 20.0. The van der Waals surface area contributed by atoms with E-state index in [1.165, 1.54) is 11.1 Å². The normalized spacial score (nSPS) is 22.5. The Kier molecular flexibility index (Phi) is 6.33. The Bertz CT molecular complexity index is 957. The lowest BCUT2D eigenvalue weighted by atomic mass is 9.71. The van der Waals surface area contributed by atoms with E-state index in [-0.39, 0.29) is 28.9 Å². The molecule has 0 unspecified atom stereocenters. The lowest BCUT2D eigenvalue weighted by Gasteiger charge is -2.45. The van der Waals surface area contributed by atoms with Gasteiger partial charge in [-0.2, -0.15) is 0 Å². The summed E-state index contributed by atoms with van der Waals surface area (Å²) in [5.74, 6) is 0.446. The summed E-state index contributed by atoms with van der Waals surface area (Å²) in [7, 11) is 3.37. The van der Waals surface area contributed by atoms with E-state index >= 15 is 0 Å². The van der Waals surface area contributed by atoms with Crippen molar-refractivity contribution in [2.45, 2.75) is 51.2 Å². The molecule has 1 spiro atoms. The Morgan fingerprint density at radius 2 is 1.72 bits per heavy atom. The van der Waals surface area contributed by atoms with E-state index in [0.717, 1.165) is 32.5 Å². The van der Waals surface area contributed by atoms with Crippen LogP contribution in [0, 0.1) is 5.41 Å². The first-order chi connectivity index (χ1) is 15.3. The van der Waals surface area contributed by atoms with Crippen LogP contribution in [-0.2, 0) is 10.2 Å². The van der Waals surface area contributed by atoms with Gasteiger partial charge in [-0.15, -0.1) is 0 Å². The lowest BCUT2D eigenvalue weighted by molar-refractivity contribution is -0.0147. The van der Waals surface area contributed by atoms with Crippen LogP contribution in [0.3, 0.4) is 0 Å². The second-order valence-electron chi connectivity index (χ2n) is 10.4. The number of fused-ring (bicyclic) bond motifs is 2. The van der Waals surface area contributed by atoms with Crippen LogP contribution in [0.5, 0.6) is 5.75 Å². The number of benzene rings is 2. The van der Waals surface area contributed by atoms with Crippen LogP contribution in [0.2, 0.25) is 0 Å². The molecule has 1 saturated heterocycles. The summed E-state index contributed by atoms with van der Waals surface area (Å²) in [5, 5.41) is 3.29. The summed E-state index contributed by atoms with van der Waals surface area (Å²) in [6, 6.07) is 15.7. The summed E-state index contributed by atoms with van der Waals surface area (Å²) in [4.78, 5) is 15.8. The van der Waals surface area contributed by atoms with Crippen LogP contribution in [-0.4, -0.2) is 50.8 Å². The van der Waals surface area contributed by atoms with Gasteiger partial charge in [-0.25, -0.2) is 0 Å². The first-order valence-electron chi connectivity index (χ1n) is 11.6. The van der Waals surface area contributed by atoms with E-state index in [0.29, 0.717) is 11.3 Å². The molecule has 0 bridgehead atoms. The standard InChI is InChI=1S/C27H36N2O3/c1-26(2,3)18-29-16-14-27(15-17-29)21-12-8-6-10-19(21)23(24(27)32-5)28-25(30)20-11-7-9-13-22(20)31-4/h6-13,23-24H,14-18H2,1-5H3,(H,28,30)/t23-,24+/m1/s1. The number of carbonyl (C=O) groups is 1. The Hall–Kier alpha value is -2.37. The minimum Gasteiger partial charge on any atom is -0.496 e. The molecule has 2 aromatic carbocycles. The van der Waals surface area contributed by atoms with Gasteiger partial charge in [0.25, 0.3) is 5.91 Å². The lowest BCUT2D eigenvalue weighted by Crippen LogP contribution is -2.51. The largest absolute Gasteiger partial charge is 0.496 e. The second kappa shape index (κ2) is 8.87. The van der Waals surface area contributed by atoms with Crippen LogP contribution in [0.15, 0.2) is 48.5 Å². The fraction of sp³-hybridized carbons (Fsp3) is 0.519. The third-order valence-electron chi connectivity index (χ3n) is 7.02. The molecule has 0 radical (unpaired) electrons. The number of hydrogen-bond acceptors (Lipinski definition) is 4. The molecule has 1 fully saturated rings. The Morgan fingerprint density at radius 1 is 1.06 bits per heavy atom. The minimum atomic E-state index is -0.192. The average Bonchev–Trinajstić information content (AvgIpc) is 3.03. The Balaban J connectivity index is 1.62. The molecule has 1 amide bonds. The molecule has 2 aromatic rings. The van der Waals surface area contributed by atoms with Crippen molar-refractivity contribution in [1.29, 1.82) is 0 Å². The third-order valence-corrected chi connectivity index (χ3v) is 7.02. The Labute approximate surface area is 192 Å². The van der Waals surface area contributed by atoms with E-state index < -0.39 is 0 Å². The Morgan fingerprint density at radius 3 is 2.38 bits per heavy atom. The highest BCUT2D eigenvalue weighted by Gasteiger charge is 2.54. The van der Waals surface area contributed by atoms with Crippen molar-refractivity contribution in [1.82, 2.24) is 10.2 Å².